The Kier molecular flexibility index (Phi) is 3.56. The van der Waals surface area contributed by atoms with Crippen LogP contribution >= 0.6 is 0 Å². The molecule has 0 spiro atoms. The van der Waals surface area contributed by atoms with Crippen LogP contribution in [0.5, 0.6) is 0 Å². The summed E-state index contributed by atoms with van der Waals surface area (Å²) < 4.78 is 0. The van der Waals surface area contributed by atoms with Gasteiger partial charge < -0.3 is 0 Å². The Balaban J connectivity index is 0.000000605. The third-order valence-electron chi connectivity index (χ3n) is 1.38. The van der Waals surface area contributed by atoms with Crippen molar-refractivity contribution in [1.82, 2.24) is 9.97 Å². The second-order valence-electron chi connectivity index (χ2n) is 2.05. The van der Waals surface area contributed by atoms with E-state index in [1.54, 1.807) is 12.4 Å². The van der Waals surface area contributed by atoms with Gasteiger partial charge in [0.2, 0.25) is 0 Å². The van der Waals surface area contributed by atoms with Gasteiger partial charge in [-0.1, -0.05) is 0 Å². The molecular formula is C8H6EuN2. The summed E-state index contributed by atoms with van der Waals surface area (Å²) in [6.45, 7) is 0. The molecule has 0 atom stereocenters. The molecular weight excluding hydrogens is 276 g/mol. The molecule has 2 aromatic heterocycles. The monoisotopic (exact) mass is 283 g/mol. The first kappa shape index (κ1) is 9.23. The molecule has 55 valence electrons. The van der Waals surface area contributed by atoms with Gasteiger partial charge >= 0.3 is 0 Å². The fourth-order valence-electron chi connectivity index (χ4n) is 0.908. The van der Waals surface area contributed by atoms with Crippen molar-refractivity contribution < 1.29 is 49.4 Å². The Morgan fingerprint density at radius 2 is 1.45 bits per heavy atom. The Morgan fingerprint density at radius 3 is 1.91 bits per heavy atom. The largest absolute Gasteiger partial charge is 0.237 e. The van der Waals surface area contributed by atoms with E-state index in [1.165, 1.54) is 0 Å². The average molecular weight is 282 g/mol. The van der Waals surface area contributed by atoms with E-state index in [-0.39, 0.29) is 49.4 Å². The van der Waals surface area contributed by atoms with Crippen LogP contribution in [0.4, 0.5) is 0 Å². The zero-order valence-electron chi connectivity index (χ0n) is 5.74. The van der Waals surface area contributed by atoms with Crippen molar-refractivity contribution in [2.45, 2.75) is 0 Å². The molecule has 0 fully saturated rings. The SMILES string of the molecule is [Eu].c1cnc2ncccc2c1. The number of hydrogen-bond donors (Lipinski definition) is 0. The van der Waals surface area contributed by atoms with Gasteiger partial charge in [0.05, 0.1) is 0 Å². The molecule has 2 rings (SSSR count). The molecule has 2 nitrogen and oxygen atoms in total. The Bertz CT molecular complexity index is 283. The van der Waals surface area contributed by atoms with Crippen molar-refractivity contribution >= 4 is 11.0 Å². The van der Waals surface area contributed by atoms with Gasteiger partial charge in [0, 0.05) is 67.2 Å². The van der Waals surface area contributed by atoms with Crippen molar-refractivity contribution in [3.8, 4) is 0 Å². The number of pyridine rings is 2. The minimum Gasteiger partial charge on any atom is -0.237 e. The third kappa shape index (κ3) is 2.04. The Morgan fingerprint density at radius 1 is 0.909 bits per heavy atom. The second kappa shape index (κ2) is 4.24. The van der Waals surface area contributed by atoms with Gasteiger partial charge in [-0.2, -0.15) is 0 Å². The number of fused-ring (bicyclic) bond motifs is 1. The van der Waals surface area contributed by atoms with Crippen molar-refractivity contribution in [1.29, 1.82) is 0 Å². The first-order chi connectivity index (χ1) is 4.97. The molecule has 3 heteroatoms. The number of aromatic nitrogens is 2. The fraction of sp³-hybridized carbons (Fsp3) is 0. The molecule has 2 aromatic rings. The van der Waals surface area contributed by atoms with Crippen molar-refractivity contribution in [3.63, 3.8) is 0 Å². The van der Waals surface area contributed by atoms with E-state index in [0.717, 1.165) is 11.0 Å². The van der Waals surface area contributed by atoms with E-state index < -0.39 is 0 Å². The molecule has 0 saturated heterocycles. The van der Waals surface area contributed by atoms with E-state index in [2.05, 4.69) is 9.97 Å². The van der Waals surface area contributed by atoms with Gasteiger partial charge in [0.25, 0.3) is 0 Å². The van der Waals surface area contributed by atoms with E-state index in [0.29, 0.717) is 0 Å². The van der Waals surface area contributed by atoms with Crippen LogP contribution in [0.1, 0.15) is 0 Å². The van der Waals surface area contributed by atoms with Crippen molar-refractivity contribution in [2.24, 2.45) is 0 Å². The summed E-state index contributed by atoms with van der Waals surface area (Å²) in [4.78, 5) is 8.14. The number of rotatable bonds is 0. The summed E-state index contributed by atoms with van der Waals surface area (Å²) in [7, 11) is 0. The standard InChI is InChI=1S/C8H6N2.Eu/c1-3-7-4-2-6-10-8(7)9-5-1;/h1-6H;. The molecule has 0 bridgehead atoms. The normalized spacial score (nSPS) is 9.09. The predicted molar refractivity (Wildman–Crippen MR) is 39.5 cm³/mol. The first-order valence-corrected chi connectivity index (χ1v) is 3.12. The summed E-state index contributed by atoms with van der Waals surface area (Å²) in [5.41, 5.74) is 0.810. The Labute approximate surface area is 106 Å². The minimum absolute atomic E-state index is 0. The molecule has 0 aliphatic heterocycles. The molecule has 11 heavy (non-hydrogen) atoms. The minimum atomic E-state index is 0. The maximum absolute atomic E-state index is 4.07. The molecule has 0 unspecified atom stereocenters. The summed E-state index contributed by atoms with van der Waals surface area (Å²) >= 11 is 0. The molecule has 0 amide bonds. The van der Waals surface area contributed by atoms with Crippen molar-refractivity contribution in [3.05, 3.63) is 36.7 Å². The molecule has 1 radical (unpaired) electrons. The van der Waals surface area contributed by atoms with Gasteiger partial charge in [-0.25, -0.2) is 9.97 Å². The smallest absolute Gasteiger partial charge is 0.159 e. The molecule has 2 heterocycles. The van der Waals surface area contributed by atoms with E-state index >= 15 is 0 Å². The summed E-state index contributed by atoms with van der Waals surface area (Å²) in [6.07, 6.45) is 3.49. The van der Waals surface area contributed by atoms with Crippen LogP contribution in [0, 0.1) is 49.4 Å². The maximum atomic E-state index is 4.07. The quantitative estimate of drug-likeness (QED) is 0.734. The van der Waals surface area contributed by atoms with E-state index in [4.69, 9.17) is 0 Å². The van der Waals surface area contributed by atoms with Crippen LogP contribution in [0.25, 0.3) is 11.0 Å². The molecule has 0 aliphatic carbocycles. The van der Waals surface area contributed by atoms with Gasteiger partial charge in [0.15, 0.2) is 5.65 Å². The second-order valence-corrected chi connectivity index (χ2v) is 2.05. The van der Waals surface area contributed by atoms with Gasteiger partial charge in [-0.3, -0.25) is 0 Å². The average Bonchev–Trinajstić information content (AvgIpc) is 2.05. The third-order valence-corrected chi connectivity index (χ3v) is 1.38. The fourth-order valence-corrected chi connectivity index (χ4v) is 0.908. The van der Waals surface area contributed by atoms with Gasteiger partial charge in [-0.15, -0.1) is 0 Å². The van der Waals surface area contributed by atoms with Gasteiger partial charge in [-0.05, 0) is 24.3 Å². The summed E-state index contributed by atoms with van der Waals surface area (Å²) in [5.74, 6) is 0. The Hall–Kier alpha value is 0.144. The van der Waals surface area contributed by atoms with E-state index in [1.807, 2.05) is 24.3 Å². The topological polar surface area (TPSA) is 25.8 Å². The summed E-state index contributed by atoms with van der Waals surface area (Å²) in [5, 5.41) is 1.09. The van der Waals surface area contributed by atoms with Crippen LogP contribution < -0.4 is 0 Å². The van der Waals surface area contributed by atoms with Crippen LogP contribution in [0.2, 0.25) is 0 Å². The van der Waals surface area contributed by atoms with Crippen LogP contribution in [0.15, 0.2) is 36.7 Å². The molecule has 0 saturated carbocycles. The predicted octanol–water partition coefficient (Wildman–Crippen LogP) is 1.63. The zero-order valence-corrected chi connectivity index (χ0v) is 8.16. The van der Waals surface area contributed by atoms with Gasteiger partial charge in [0.1, 0.15) is 0 Å². The molecule has 0 aromatic carbocycles. The van der Waals surface area contributed by atoms with Crippen LogP contribution in [-0.2, 0) is 0 Å². The molecule has 0 aliphatic rings. The molecule has 0 N–H and O–H groups in total. The van der Waals surface area contributed by atoms with Crippen LogP contribution in [0.3, 0.4) is 0 Å². The number of hydrogen-bond acceptors (Lipinski definition) is 2. The van der Waals surface area contributed by atoms with Crippen molar-refractivity contribution in [2.75, 3.05) is 0 Å². The first-order valence-electron chi connectivity index (χ1n) is 3.12. The zero-order chi connectivity index (χ0) is 6.81. The van der Waals surface area contributed by atoms with E-state index in [9.17, 15) is 0 Å². The van der Waals surface area contributed by atoms with Crippen LogP contribution in [-0.4, -0.2) is 9.97 Å². The maximum Gasteiger partial charge on any atom is 0.159 e. The summed E-state index contributed by atoms with van der Waals surface area (Å²) in [6, 6.07) is 7.80. The number of nitrogens with zero attached hydrogens (tertiary/aromatic N) is 2.